The quantitative estimate of drug-likeness (QED) is 0.836. The van der Waals surface area contributed by atoms with Crippen LogP contribution in [0.25, 0.3) is 0 Å². The predicted octanol–water partition coefficient (Wildman–Crippen LogP) is 2.79. The fourth-order valence-electron chi connectivity index (χ4n) is 1.65. The van der Waals surface area contributed by atoms with E-state index >= 15 is 0 Å². The minimum atomic E-state index is -0.170. The first-order valence-electron chi connectivity index (χ1n) is 6.77. The highest BCUT2D eigenvalue weighted by Crippen LogP contribution is 2.17. The van der Waals surface area contributed by atoms with Crippen LogP contribution in [0.1, 0.15) is 42.6 Å². The molecule has 0 aliphatic rings. The summed E-state index contributed by atoms with van der Waals surface area (Å²) in [6.45, 7) is 6.24. The molecule has 0 aromatic heterocycles. The lowest BCUT2D eigenvalue weighted by atomic mass is 10.1. The van der Waals surface area contributed by atoms with Crippen molar-refractivity contribution >= 4 is 27.7 Å². The Morgan fingerprint density at radius 1 is 1.35 bits per heavy atom. The Hall–Kier alpha value is -1.36. The number of hydrogen-bond donors (Lipinski definition) is 2. The topological polar surface area (TPSA) is 58.2 Å². The van der Waals surface area contributed by atoms with E-state index in [9.17, 15) is 9.59 Å². The number of aryl methyl sites for hydroxylation is 1. The minimum absolute atomic E-state index is 0.0389. The molecule has 0 saturated carbocycles. The van der Waals surface area contributed by atoms with Gasteiger partial charge in [0.1, 0.15) is 0 Å². The van der Waals surface area contributed by atoms with Crippen LogP contribution in [0.15, 0.2) is 22.7 Å². The Bertz CT molecular complexity index is 489. The maximum Gasteiger partial charge on any atom is 0.252 e. The summed E-state index contributed by atoms with van der Waals surface area (Å²) in [6.07, 6.45) is 1.19. The zero-order valence-electron chi connectivity index (χ0n) is 12.1. The number of hydrogen-bond acceptors (Lipinski definition) is 2. The van der Waals surface area contributed by atoms with Crippen LogP contribution in [-0.4, -0.2) is 24.4 Å². The average Bonchev–Trinajstić information content (AvgIpc) is 2.41. The average molecular weight is 341 g/mol. The highest BCUT2D eigenvalue weighted by molar-refractivity contribution is 9.10. The molecule has 1 atom stereocenters. The van der Waals surface area contributed by atoms with Crippen LogP contribution in [0, 0.1) is 6.92 Å². The molecule has 0 heterocycles. The molecule has 0 saturated heterocycles. The van der Waals surface area contributed by atoms with Gasteiger partial charge in [-0.15, -0.1) is 0 Å². The van der Waals surface area contributed by atoms with Gasteiger partial charge in [-0.2, -0.15) is 0 Å². The molecular formula is C15H21BrN2O2. The molecule has 0 spiro atoms. The number of nitrogens with one attached hydrogen (secondary N) is 2. The molecule has 2 N–H and O–H groups in total. The highest BCUT2D eigenvalue weighted by atomic mass is 79.9. The van der Waals surface area contributed by atoms with Crippen molar-refractivity contribution < 1.29 is 9.59 Å². The van der Waals surface area contributed by atoms with E-state index in [1.807, 2.05) is 39.0 Å². The van der Waals surface area contributed by atoms with Gasteiger partial charge in [-0.05, 0) is 48.3 Å². The lowest BCUT2D eigenvalue weighted by Crippen LogP contribution is -2.35. The third-order valence-electron chi connectivity index (χ3n) is 3.02. The van der Waals surface area contributed by atoms with Gasteiger partial charge in [0, 0.05) is 23.5 Å². The molecule has 20 heavy (non-hydrogen) atoms. The molecule has 0 aliphatic heterocycles. The van der Waals surface area contributed by atoms with Gasteiger partial charge in [0.15, 0.2) is 0 Å². The fourth-order valence-corrected chi connectivity index (χ4v) is 2.07. The third kappa shape index (κ3) is 5.33. The Labute approximate surface area is 128 Å². The van der Waals surface area contributed by atoms with Crippen molar-refractivity contribution in [3.63, 3.8) is 0 Å². The van der Waals surface area contributed by atoms with Gasteiger partial charge in [0.25, 0.3) is 5.91 Å². The normalized spacial score (nSPS) is 11.8. The van der Waals surface area contributed by atoms with Crippen LogP contribution in [0.5, 0.6) is 0 Å². The first kappa shape index (κ1) is 16.7. The van der Waals surface area contributed by atoms with Crippen LogP contribution in [-0.2, 0) is 4.79 Å². The second-order valence-corrected chi connectivity index (χ2v) is 5.72. The molecule has 4 nitrogen and oxygen atoms in total. The molecule has 1 rings (SSSR count). The largest absolute Gasteiger partial charge is 0.354 e. The molecule has 0 aliphatic carbocycles. The van der Waals surface area contributed by atoms with Crippen molar-refractivity contribution in [2.45, 2.75) is 39.7 Å². The molecule has 0 fully saturated rings. The lowest BCUT2D eigenvalue weighted by Gasteiger charge is -2.12. The smallest absolute Gasteiger partial charge is 0.252 e. The highest BCUT2D eigenvalue weighted by Gasteiger charge is 2.11. The van der Waals surface area contributed by atoms with Crippen molar-refractivity contribution in [3.05, 3.63) is 33.8 Å². The van der Waals surface area contributed by atoms with Crippen LogP contribution in [0.4, 0.5) is 0 Å². The van der Waals surface area contributed by atoms with Crippen molar-refractivity contribution in [3.8, 4) is 0 Å². The lowest BCUT2D eigenvalue weighted by molar-refractivity contribution is -0.121. The monoisotopic (exact) mass is 340 g/mol. The predicted molar refractivity (Wildman–Crippen MR) is 83.7 cm³/mol. The van der Waals surface area contributed by atoms with E-state index in [1.165, 1.54) is 0 Å². The minimum Gasteiger partial charge on any atom is -0.354 e. The maximum atomic E-state index is 12.0. The maximum absolute atomic E-state index is 12.0. The van der Waals surface area contributed by atoms with Crippen LogP contribution in [0.2, 0.25) is 0 Å². The Morgan fingerprint density at radius 2 is 2.05 bits per heavy atom. The van der Waals surface area contributed by atoms with Crippen LogP contribution < -0.4 is 10.6 Å². The Morgan fingerprint density at radius 3 is 2.70 bits per heavy atom. The summed E-state index contributed by atoms with van der Waals surface area (Å²) in [5.74, 6) is -0.208. The summed E-state index contributed by atoms with van der Waals surface area (Å²) in [5.41, 5.74) is 1.61. The summed E-state index contributed by atoms with van der Waals surface area (Å²) < 4.78 is 0.754. The molecule has 110 valence electrons. The van der Waals surface area contributed by atoms with Crippen LogP contribution in [0.3, 0.4) is 0 Å². The van der Waals surface area contributed by atoms with Gasteiger partial charge >= 0.3 is 0 Å². The van der Waals surface area contributed by atoms with E-state index < -0.39 is 0 Å². The van der Waals surface area contributed by atoms with Gasteiger partial charge in [0.2, 0.25) is 5.91 Å². The number of amides is 2. The molecule has 0 radical (unpaired) electrons. The number of carbonyl (C=O) groups is 2. The van der Waals surface area contributed by atoms with Gasteiger partial charge in [-0.1, -0.05) is 18.6 Å². The summed E-state index contributed by atoms with van der Waals surface area (Å²) in [5, 5.41) is 5.62. The van der Waals surface area contributed by atoms with E-state index in [1.54, 1.807) is 0 Å². The van der Waals surface area contributed by atoms with E-state index in [2.05, 4.69) is 26.6 Å². The standard InChI is InChI=1S/C15H21BrN2O2/c1-4-11(3)18-14(19)7-8-17-15(20)12-9-10(2)5-6-13(12)16/h5-6,9,11H,4,7-8H2,1-3H3,(H,17,20)(H,18,19). The molecule has 1 aromatic rings. The van der Waals surface area contributed by atoms with Gasteiger partial charge in [-0.25, -0.2) is 0 Å². The Kier molecular flexibility index (Phi) is 6.71. The zero-order chi connectivity index (χ0) is 15.1. The van der Waals surface area contributed by atoms with Crippen molar-refractivity contribution in [2.24, 2.45) is 0 Å². The van der Waals surface area contributed by atoms with Gasteiger partial charge < -0.3 is 10.6 Å². The summed E-state index contributed by atoms with van der Waals surface area (Å²) in [4.78, 5) is 23.6. The van der Waals surface area contributed by atoms with E-state index in [-0.39, 0.29) is 17.9 Å². The van der Waals surface area contributed by atoms with E-state index in [4.69, 9.17) is 0 Å². The zero-order valence-corrected chi connectivity index (χ0v) is 13.7. The number of benzene rings is 1. The van der Waals surface area contributed by atoms with Gasteiger partial charge in [-0.3, -0.25) is 9.59 Å². The molecule has 0 bridgehead atoms. The molecule has 1 aromatic carbocycles. The Balaban J connectivity index is 2.44. The van der Waals surface area contributed by atoms with Gasteiger partial charge in [0.05, 0.1) is 5.56 Å². The molecule has 1 unspecified atom stereocenters. The molecule has 2 amide bonds. The molecule has 5 heteroatoms. The first-order chi connectivity index (χ1) is 9.43. The summed E-state index contributed by atoms with van der Waals surface area (Å²) >= 11 is 3.35. The first-order valence-corrected chi connectivity index (χ1v) is 7.57. The number of rotatable bonds is 6. The fraction of sp³-hybridized carbons (Fsp3) is 0.467. The van der Waals surface area contributed by atoms with Crippen molar-refractivity contribution in [1.29, 1.82) is 0 Å². The summed E-state index contributed by atoms with van der Waals surface area (Å²) in [7, 11) is 0. The molecular weight excluding hydrogens is 320 g/mol. The van der Waals surface area contributed by atoms with Crippen molar-refractivity contribution in [1.82, 2.24) is 10.6 Å². The SMILES string of the molecule is CCC(C)NC(=O)CCNC(=O)c1cc(C)ccc1Br. The second-order valence-electron chi connectivity index (χ2n) is 4.87. The van der Waals surface area contributed by atoms with Crippen molar-refractivity contribution in [2.75, 3.05) is 6.54 Å². The number of carbonyl (C=O) groups excluding carboxylic acids is 2. The second kappa shape index (κ2) is 8.04. The van der Waals surface area contributed by atoms with Crippen LogP contribution >= 0.6 is 15.9 Å². The summed E-state index contributed by atoms with van der Waals surface area (Å²) in [6, 6.07) is 5.77. The van der Waals surface area contributed by atoms with E-state index in [0.29, 0.717) is 18.5 Å². The third-order valence-corrected chi connectivity index (χ3v) is 3.72. The van der Waals surface area contributed by atoms with E-state index in [0.717, 1.165) is 16.5 Å². The number of halogens is 1.